The summed E-state index contributed by atoms with van der Waals surface area (Å²) < 4.78 is 8.74. The molecule has 0 bridgehead atoms. The quantitative estimate of drug-likeness (QED) is 0.474. The van der Waals surface area contributed by atoms with Crippen molar-refractivity contribution >= 4 is 39.2 Å². The SMILES string of the molecule is Cc1cc(N2CN=Cc3cc(Br)ccc32)ccc1Oc1cc2nncn2cn1. The number of aryl methyl sites for hydroxylation is 1. The fourth-order valence-corrected chi connectivity index (χ4v) is 3.57. The Kier molecular flexibility index (Phi) is 4.05. The van der Waals surface area contributed by atoms with Crippen molar-refractivity contribution in [2.45, 2.75) is 6.92 Å². The Morgan fingerprint density at radius 2 is 2.00 bits per heavy atom. The first kappa shape index (κ1) is 16.9. The molecule has 0 atom stereocenters. The number of anilines is 2. The minimum absolute atomic E-state index is 0.481. The molecule has 0 saturated carbocycles. The third-order valence-corrected chi connectivity index (χ3v) is 5.07. The van der Waals surface area contributed by atoms with Crippen molar-refractivity contribution in [2.75, 3.05) is 11.6 Å². The summed E-state index contributed by atoms with van der Waals surface area (Å²) in [6, 6.07) is 14.1. The zero-order valence-electron chi connectivity index (χ0n) is 15.0. The van der Waals surface area contributed by atoms with Gasteiger partial charge >= 0.3 is 0 Å². The maximum absolute atomic E-state index is 5.97. The summed E-state index contributed by atoms with van der Waals surface area (Å²) in [5.41, 5.74) is 4.97. The summed E-state index contributed by atoms with van der Waals surface area (Å²) in [5, 5.41) is 7.87. The number of fused-ring (bicyclic) bond motifs is 2. The van der Waals surface area contributed by atoms with E-state index in [-0.39, 0.29) is 0 Å². The molecule has 1 aliphatic heterocycles. The lowest BCUT2D eigenvalue weighted by Gasteiger charge is -2.28. The van der Waals surface area contributed by atoms with Crippen LogP contribution >= 0.6 is 15.9 Å². The molecular weight excluding hydrogens is 420 g/mol. The molecule has 3 heterocycles. The lowest BCUT2D eigenvalue weighted by atomic mass is 10.1. The van der Waals surface area contributed by atoms with Gasteiger partial charge < -0.3 is 9.64 Å². The van der Waals surface area contributed by atoms with Crippen LogP contribution in [0.4, 0.5) is 11.4 Å². The second kappa shape index (κ2) is 6.72. The topological polar surface area (TPSA) is 67.9 Å². The molecule has 0 fully saturated rings. The molecule has 2 aromatic heterocycles. The van der Waals surface area contributed by atoms with E-state index in [4.69, 9.17) is 4.74 Å². The second-order valence-corrected chi connectivity index (χ2v) is 7.38. The van der Waals surface area contributed by atoms with Crippen LogP contribution in [0.3, 0.4) is 0 Å². The van der Waals surface area contributed by atoms with Gasteiger partial charge in [-0.15, -0.1) is 10.2 Å². The van der Waals surface area contributed by atoms with Crippen molar-refractivity contribution in [3.05, 3.63) is 70.7 Å². The van der Waals surface area contributed by atoms with Crippen molar-refractivity contribution in [3.8, 4) is 11.6 Å². The maximum atomic E-state index is 5.97. The molecule has 0 spiro atoms. The Balaban J connectivity index is 1.44. The van der Waals surface area contributed by atoms with Crippen molar-refractivity contribution in [2.24, 2.45) is 4.99 Å². The van der Waals surface area contributed by atoms with Crippen LogP contribution in [0.5, 0.6) is 11.6 Å². The highest BCUT2D eigenvalue weighted by atomic mass is 79.9. The molecule has 2 aromatic carbocycles. The van der Waals surface area contributed by atoms with E-state index in [1.807, 2.05) is 31.3 Å². The Bertz CT molecular complexity index is 1220. The van der Waals surface area contributed by atoms with Crippen LogP contribution in [0, 0.1) is 6.92 Å². The zero-order chi connectivity index (χ0) is 19.1. The highest BCUT2D eigenvalue weighted by Gasteiger charge is 2.17. The van der Waals surface area contributed by atoms with Gasteiger partial charge in [-0.25, -0.2) is 4.98 Å². The molecular formula is C20H15BrN6O. The Morgan fingerprint density at radius 1 is 1.07 bits per heavy atom. The van der Waals surface area contributed by atoms with E-state index in [2.05, 4.69) is 59.2 Å². The van der Waals surface area contributed by atoms with Gasteiger partial charge in [0, 0.05) is 28.0 Å². The second-order valence-electron chi connectivity index (χ2n) is 6.46. The molecule has 0 amide bonds. The minimum Gasteiger partial charge on any atom is -0.439 e. The molecule has 1 aliphatic rings. The summed E-state index contributed by atoms with van der Waals surface area (Å²) in [6.07, 6.45) is 5.14. The Hall–Kier alpha value is -3.26. The van der Waals surface area contributed by atoms with E-state index < -0.39 is 0 Å². The van der Waals surface area contributed by atoms with Gasteiger partial charge in [0.25, 0.3) is 0 Å². The number of halogens is 1. The first-order chi connectivity index (χ1) is 13.7. The molecule has 5 rings (SSSR count). The molecule has 0 radical (unpaired) electrons. The van der Waals surface area contributed by atoms with E-state index in [0.717, 1.165) is 32.7 Å². The first-order valence-electron chi connectivity index (χ1n) is 8.68. The third-order valence-electron chi connectivity index (χ3n) is 4.58. The zero-order valence-corrected chi connectivity index (χ0v) is 16.5. The van der Waals surface area contributed by atoms with Gasteiger partial charge in [-0.2, -0.15) is 0 Å². The predicted octanol–water partition coefficient (Wildman–Crippen LogP) is 4.52. The van der Waals surface area contributed by atoms with Gasteiger partial charge in [0.2, 0.25) is 5.88 Å². The van der Waals surface area contributed by atoms with Gasteiger partial charge in [-0.1, -0.05) is 15.9 Å². The summed E-state index contributed by atoms with van der Waals surface area (Å²) in [4.78, 5) is 11.0. The molecule has 0 aliphatic carbocycles. The molecule has 8 heteroatoms. The monoisotopic (exact) mass is 434 g/mol. The molecule has 0 N–H and O–H groups in total. The van der Waals surface area contributed by atoms with Crippen LogP contribution in [0.25, 0.3) is 5.65 Å². The largest absolute Gasteiger partial charge is 0.439 e. The van der Waals surface area contributed by atoms with Crippen LogP contribution in [0.1, 0.15) is 11.1 Å². The number of hydrogen-bond acceptors (Lipinski definition) is 6. The standard InChI is InChI=1S/C20H15BrN6O/c1-13-6-16(27-10-22-9-14-7-15(21)2-4-17(14)27)3-5-18(13)28-20-8-19-25-24-12-26(19)11-23-20/h2-9,11-12H,10H2,1H3. The number of rotatable bonds is 3. The number of benzene rings is 2. The normalized spacial score (nSPS) is 13.0. The lowest BCUT2D eigenvalue weighted by Crippen LogP contribution is -2.21. The molecule has 4 aromatic rings. The Morgan fingerprint density at radius 3 is 2.89 bits per heavy atom. The maximum Gasteiger partial charge on any atom is 0.224 e. The van der Waals surface area contributed by atoms with Crippen LogP contribution < -0.4 is 9.64 Å². The van der Waals surface area contributed by atoms with E-state index in [1.54, 1.807) is 23.1 Å². The fourth-order valence-electron chi connectivity index (χ4n) is 3.19. The average Bonchev–Trinajstić information content (AvgIpc) is 3.17. The number of aromatic nitrogens is 4. The van der Waals surface area contributed by atoms with Crippen LogP contribution in [0.2, 0.25) is 0 Å². The van der Waals surface area contributed by atoms with Gasteiger partial charge in [0.15, 0.2) is 5.65 Å². The number of hydrogen-bond donors (Lipinski definition) is 0. The first-order valence-corrected chi connectivity index (χ1v) is 9.47. The van der Waals surface area contributed by atoms with Gasteiger partial charge in [-0.3, -0.25) is 9.39 Å². The van der Waals surface area contributed by atoms with Crippen molar-refractivity contribution in [1.29, 1.82) is 0 Å². The molecule has 7 nitrogen and oxygen atoms in total. The van der Waals surface area contributed by atoms with Crippen molar-refractivity contribution in [3.63, 3.8) is 0 Å². The summed E-state index contributed by atoms with van der Waals surface area (Å²) >= 11 is 3.52. The van der Waals surface area contributed by atoms with Crippen molar-refractivity contribution in [1.82, 2.24) is 19.6 Å². The highest BCUT2D eigenvalue weighted by Crippen LogP contribution is 2.35. The molecule has 0 saturated heterocycles. The Labute approximate surface area is 169 Å². The van der Waals surface area contributed by atoms with E-state index >= 15 is 0 Å². The van der Waals surface area contributed by atoms with Gasteiger partial charge in [0.1, 0.15) is 25.1 Å². The summed E-state index contributed by atoms with van der Waals surface area (Å²) in [5.74, 6) is 1.23. The van der Waals surface area contributed by atoms with E-state index in [1.165, 1.54) is 0 Å². The number of nitrogens with zero attached hydrogens (tertiary/aromatic N) is 6. The minimum atomic E-state index is 0.481. The predicted molar refractivity (Wildman–Crippen MR) is 111 cm³/mol. The lowest BCUT2D eigenvalue weighted by molar-refractivity contribution is 0.458. The third kappa shape index (κ3) is 3.01. The van der Waals surface area contributed by atoms with Gasteiger partial charge in [-0.05, 0) is 48.9 Å². The van der Waals surface area contributed by atoms with Crippen LogP contribution in [-0.4, -0.2) is 32.5 Å². The van der Waals surface area contributed by atoms with Crippen LogP contribution in [-0.2, 0) is 0 Å². The number of aliphatic imine (C=N–C) groups is 1. The smallest absolute Gasteiger partial charge is 0.224 e. The molecule has 28 heavy (non-hydrogen) atoms. The molecule has 138 valence electrons. The molecule has 0 unspecified atom stereocenters. The van der Waals surface area contributed by atoms with Crippen LogP contribution in [0.15, 0.2) is 64.6 Å². The van der Waals surface area contributed by atoms with E-state index in [9.17, 15) is 0 Å². The summed E-state index contributed by atoms with van der Waals surface area (Å²) in [6.45, 7) is 2.60. The van der Waals surface area contributed by atoms with E-state index in [0.29, 0.717) is 18.2 Å². The van der Waals surface area contributed by atoms with Gasteiger partial charge in [0.05, 0.1) is 5.69 Å². The fraction of sp³-hybridized carbons (Fsp3) is 0.100. The van der Waals surface area contributed by atoms with Crippen molar-refractivity contribution < 1.29 is 4.74 Å². The number of ether oxygens (including phenoxy) is 1. The average molecular weight is 435 g/mol. The summed E-state index contributed by atoms with van der Waals surface area (Å²) in [7, 11) is 0. The highest BCUT2D eigenvalue weighted by molar-refractivity contribution is 9.10.